The van der Waals surface area contributed by atoms with Crippen molar-refractivity contribution in [2.45, 2.75) is 32.1 Å². The summed E-state index contributed by atoms with van der Waals surface area (Å²) >= 11 is 0. The van der Waals surface area contributed by atoms with Gasteiger partial charge < -0.3 is 4.79 Å². The zero-order valence-corrected chi connectivity index (χ0v) is 8.15. The summed E-state index contributed by atoms with van der Waals surface area (Å²) in [5.74, 6) is 0.877. The fourth-order valence-corrected chi connectivity index (χ4v) is 1.15. The van der Waals surface area contributed by atoms with Gasteiger partial charge in [-0.1, -0.05) is 0 Å². The summed E-state index contributed by atoms with van der Waals surface area (Å²) in [5, 5.41) is 16.3. The molecular formula is C11H14N2O. The molecule has 0 bridgehead atoms. The van der Waals surface area contributed by atoms with Crippen molar-refractivity contribution in [3.8, 4) is 12.1 Å². The van der Waals surface area contributed by atoms with Crippen molar-refractivity contribution in [3.63, 3.8) is 0 Å². The maximum atomic E-state index is 10.00. The number of aldehydes is 1. The molecular weight excluding hydrogens is 176 g/mol. The van der Waals surface area contributed by atoms with Crippen LogP contribution in [0.2, 0.25) is 0 Å². The van der Waals surface area contributed by atoms with Crippen molar-refractivity contribution in [1.29, 1.82) is 10.5 Å². The van der Waals surface area contributed by atoms with Crippen LogP contribution < -0.4 is 0 Å². The molecule has 0 aromatic rings. The Morgan fingerprint density at radius 2 is 1.93 bits per heavy atom. The highest BCUT2D eigenvalue weighted by molar-refractivity contribution is 5.58. The summed E-state index contributed by atoms with van der Waals surface area (Å²) in [7, 11) is 0. The highest BCUT2D eigenvalue weighted by Crippen LogP contribution is 2.35. The van der Waals surface area contributed by atoms with Crippen molar-refractivity contribution in [2.24, 2.45) is 17.8 Å². The molecule has 2 rings (SSSR count). The van der Waals surface area contributed by atoms with E-state index in [0.29, 0.717) is 5.92 Å². The van der Waals surface area contributed by atoms with Gasteiger partial charge in [-0.3, -0.25) is 0 Å². The van der Waals surface area contributed by atoms with E-state index in [1.165, 1.54) is 12.8 Å². The van der Waals surface area contributed by atoms with Crippen LogP contribution in [0.15, 0.2) is 0 Å². The highest BCUT2D eigenvalue weighted by atomic mass is 16.1. The van der Waals surface area contributed by atoms with Gasteiger partial charge in [-0.2, -0.15) is 10.5 Å². The summed E-state index contributed by atoms with van der Waals surface area (Å²) in [4.78, 5) is 10.00. The van der Waals surface area contributed by atoms with Crippen molar-refractivity contribution >= 4 is 6.29 Å². The zero-order valence-electron chi connectivity index (χ0n) is 8.15. The number of nitriles is 2. The molecule has 0 aromatic heterocycles. The molecule has 0 N–H and O–H groups in total. The van der Waals surface area contributed by atoms with Crippen LogP contribution in [0.4, 0.5) is 0 Å². The van der Waals surface area contributed by atoms with Gasteiger partial charge in [-0.15, -0.1) is 0 Å². The van der Waals surface area contributed by atoms with Crippen LogP contribution in [0.5, 0.6) is 0 Å². The Labute approximate surface area is 84.3 Å². The summed E-state index contributed by atoms with van der Waals surface area (Å²) in [6.07, 6.45) is 6.27. The summed E-state index contributed by atoms with van der Waals surface area (Å²) in [6.45, 7) is 0. The second-order valence-electron chi connectivity index (χ2n) is 3.93. The van der Waals surface area contributed by atoms with E-state index in [-0.39, 0.29) is 5.92 Å². The van der Waals surface area contributed by atoms with Crippen LogP contribution in [0.1, 0.15) is 32.1 Å². The quantitative estimate of drug-likeness (QED) is 0.640. The van der Waals surface area contributed by atoms with E-state index in [2.05, 4.69) is 6.07 Å². The lowest BCUT2D eigenvalue weighted by molar-refractivity contribution is -0.110. The van der Waals surface area contributed by atoms with Gasteiger partial charge in [0, 0.05) is 6.42 Å². The number of hydrogen-bond acceptors (Lipinski definition) is 3. The highest BCUT2D eigenvalue weighted by Gasteiger charge is 2.30. The fraction of sp³-hybridized carbons (Fsp3) is 0.727. The first kappa shape index (κ1) is 10.7. The van der Waals surface area contributed by atoms with Gasteiger partial charge in [0.2, 0.25) is 0 Å². The van der Waals surface area contributed by atoms with Crippen LogP contribution in [0, 0.1) is 40.4 Å². The van der Waals surface area contributed by atoms with Gasteiger partial charge in [0.05, 0.1) is 12.1 Å². The lowest BCUT2D eigenvalue weighted by Crippen LogP contribution is -1.99. The van der Waals surface area contributed by atoms with Crippen molar-refractivity contribution in [2.75, 3.05) is 0 Å². The van der Waals surface area contributed by atoms with E-state index >= 15 is 0 Å². The van der Waals surface area contributed by atoms with Gasteiger partial charge >= 0.3 is 0 Å². The third kappa shape index (κ3) is 4.05. The van der Waals surface area contributed by atoms with Gasteiger partial charge in [-0.25, -0.2) is 0 Å². The Kier molecular flexibility index (Phi) is 4.13. The predicted octanol–water partition coefficient (Wildman–Crippen LogP) is 2.05. The predicted molar refractivity (Wildman–Crippen MR) is 50.8 cm³/mol. The second kappa shape index (κ2) is 5.40. The van der Waals surface area contributed by atoms with Crippen molar-refractivity contribution in [1.82, 2.24) is 0 Å². The topological polar surface area (TPSA) is 64.7 Å². The van der Waals surface area contributed by atoms with E-state index in [4.69, 9.17) is 10.5 Å². The van der Waals surface area contributed by atoms with Gasteiger partial charge in [0.15, 0.2) is 0 Å². The molecule has 0 heterocycles. The van der Waals surface area contributed by atoms with E-state index in [1.807, 2.05) is 6.07 Å². The van der Waals surface area contributed by atoms with Crippen molar-refractivity contribution in [3.05, 3.63) is 0 Å². The molecule has 0 amide bonds. The Bertz CT molecular complexity index is 266. The first-order chi connectivity index (χ1) is 6.81. The number of rotatable bonds is 3. The molecule has 0 aromatic carbocycles. The number of carbonyl (C=O) groups is 1. The van der Waals surface area contributed by atoms with E-state index in [1.54, 1.807) is 0 Å². The standard InChI is InChI=1S/C6H7NO.C5H7N/c7-3-6(4-8)5-1-2-5;6-4-3-5-1-2-5/h4-6H,1-2H2;5H,1-3H2. The van der Waals surface area contributed by atoms with Crippen LogP contribution in [-0.2, 0) is 4.79 Å². The molecule has 0 radical (unpaired) electrons. The van der Waals surface area contributed by atoms with Gasteiger partial charge in [0.25, 0.3) is 0 Å². The molecule has 3 heteroatoms. The number of nitrogens with zero attached hydrogens (tertiary/aromatic N) is 2. The van der Waals surface area contributed by atoms with Crippen LogP contribution in [-0.4, -0.2) is 6.29 Å². The third-order valence-corrected chi connectivity index (χ3v) is 2.50. The molecule has 2 aliphatic rings. The Morgan fingerprint density at radius 1 is 1.29 bits per heavy atom. The first-order valence-corrected chi connectivity index (χ1v) is 5.03. The van der Waals surface area contributed by atoms with E-state index in [0.717, 1.165) is 31.5 Å². The Hall–Kier alpha value is -1.35. The molecule has 2 saturated carbocycles. The zero-order chi connectivity index (χ0) is 10.4. The number of hydrogen-bond donors (Lipinski definition) is 0. The minimum atomic E-state index is -0.310. The monoisotopic (exact) mass is 190 g/mol. The maximum Gasteiger partial charge on any atom is 0.137 e. The SMILES string of the molecule is N#CC(C=O)C1CC1.N#CCC1CC1. The third-order valence-electron chi connectivity index (χ3n) is 2.50. The minimum absolute atomic E-state index is 0.310. The molecule has 2 aliphatic carbocycles. The van der Waals surface area contributed by atoms with Gasteiger partial charge in [0.1, 0.15) is 12.2 Å². The van der Waals surface area contributed by atoms with Crippen LogP contribution >= 0.6 is 0 Å². The van der Waals surface area contributed by atoms with Crippen LogP contribution in [0.3, 0.4) is 0 Å². The normalized spacial score (nSPS) is 20.7. The molecule has 0 spiro atoms. The number of carbonyl (C=O) groups excluding carboxylic acids is 1. The summed E-state index contributed by atoms with van der Waals surface area (Å²) < 4.78 is 0. The van der Waals surface area contributed by atoms with E-state index < -0.39 is 0 Å². The van der Waals surface area contributed by atoms with Crippen LogP contribution in [0.25, 0.3) is 0 Å². The second-order valence-corrected chi connectivity index (χ2v) is 3.93. The van der Waals surface area contributed by atoms with Gasteiger partial charge in [-0.05, 0) is 37.5 Å². The molecule has 1 unspecified atom stereocenters. The van der Waals surface area contributed by atoms with E-state index in [9.17, 15) is 4.79 Å². The molecule has 1 atom stereocenters. The lowest BCUT2D eigenvalue weighted by atomic mass is 10.1. The molecule has 74 valence electrons. The maximum absolute atomic E-state index is 10.00. The molecule has 0 saturated heterocycles. The fourth-order valence-electron chi connectivity index (χ4n) is 1.15. The summed E-state index contributed by atoms with van der Waals surface area (Å²) in [5.41, 5.74) is 0. The average Bonchev–Trinajstić information content (AvgIpc) is 3.02. The molecule has 2 fully saturated rings. The summed E-state index contributed by atoms with van der Waals surface area (Å²) in [6, 6.07) is 4.08. The smallest absolute Gasteiger partial charge is 0.137 e. The lowest BCUT2D eigenvalue weighted by Gasteiger charge is -1.89. The largest absolute Gasteiger partial charge is 0.302 e. The molecule has 0 aliphatic heterocycles. The molecule has 14 heavy (non-hydrogen) atoms. The average molecular weight is 190 g/mol. The Morgan fingerprint density at radius 3 is 2.07 bits per heavy atom. The minimum Gasteiger partial charge on any atom is -0.302 e. The van der Waals surface area contributed by atoms with Crippen molar-refractivity contribution < 1.29 is 4.79 Å². The molecule has 3 nitrogen and oxygen atoms in total. The first-order valence-electron chi connectivity index (χ1n) is 5.03. The Balaban J connectivity index is 0.000000146.